The highest BCUT2D eigenvalue weighted by Gasteiger charge is 2.17. The third-order valence-corrected chi connectivity index (χ3v) is 2.48. The average Bonchev–Trinajstić information content (AvgIpc) is 2.39. The molecule has 0 radical (unpaired) electrons. The fraction of sp³-hybridized carbons (Fsp3) is 0.467. The van der Waals surface area contributed by atoms with E-state index in [0.717, 1.165) is 0 Å². The summed E-state index contributed by atoms with van der Waals surface area (Å²) in [6.07, 6.45) is 0.0820. The van der Waals surface area contributed by atoms with Crippen LogP contribution in [-0.4, -0.2) is 30.6 Å². The van der Waals surface area contributed by atoms with Gasteiger partial charge in [0.15, 0.2) is 0 Å². The van der Waals surface area contributed by atoms with Crippen LogP contribution < -0.4 is 10.1 Å². The molecule has 0 saturated heterocycles. The van der Waals surface area contributed by atoms with Crippen LogP contribution in [0, 0.1) is 0 Å². The number of ether oxygens (including phenoxy) is 2. The monoisotopic (exact) mass is 279 g/mol. The summed E-state index contributed by atoms with van der Waals surface area (Å²) in [5.74, 6) is -0.0581. The second-order valence-corrected chi connectivity index (χ2v) is 4.64. The molecule has 20 heavy (non-hydrogen) atoms. The maximum atomic E-state index is 11.9. The van der Waals surface area contributed by atoms with Crippen LogP contribution >= 0.6 is 0 Å². The van der Waals surface area contributed by atoms with Crippen LogP contribution in [0.2, 0.25) is 0 Å². The minimum atomic E-state index is -0.672. The number of amides is 1. The van der Waals surface area contributed by atoms with E-state index in [1.54, 1.807) is 38.1 Å². The second-order valence-electron chi connectivity index (χ2n) is 4.64. The van der Waals surface area contributed by atoms with Gasteiger partial charge in [-0.15, -0.1) is 0 Å². The van der Waals surface area contributed by atoms with E-state index in [2.05, 4.69) is 5.32 Å². The number of hydrogen-bond donors (Lipinski definition) is 1. The van der Waals surface area contributed by atoms with Gasteiger partial charge in [-0.3, -0.25) is 4.79 Å². The third kappa shape index (κ3) is 4.91. The van der Waals surface area contributed by atoms with Gasteiger partial charge in [-0.05, 0) is 52.0 Å². The van der Waals surface area contributed by atoms with E-state index in [4.69, 9.17) is 9.47 Å². The van der Waals surface area contributed by atoms with Gasteiger partial charge in [0.2, 0.25) is 0 Å². The smallest absolute Gasteiger partial charge is 0.328 e. The zero-order chi connectivity index (χ0) is 15.1. The summed E-state index contributed by atoms with van der Waals surface area (Å²) in [5, 5.41) is 2.59. The second kappa shape index (κ2) is 7.53. The lowest BCUT2D eigenvalue weighted by atomic mass is 10.2. The maximum absolute atomic E-state index is 11.9. The summed E-state index contributed by atoms with van der Waals surface area (Å²) >= 11 is 0. The summed E-state index contributed by atoms with van der Waals surface area (Å²) in [6, 6.07) is 6.10. The van der Waals surface area contributed by atoms with Crippen molar-refractivity contribution in [2.75, 3.05) is 6.61 Å². The number of hydrogen-bond acceptors (Lipinski definition) is 4. The number of esters is 1. The zero-order valence-electron chi connectivity index (χ0n) is 12.3. The van der Waals surface area contributed by atoms with Gasteiger partial charge in [0.25, 0.3) is 5.91 Å². The van der Waals surface area contributed by atoms with Crippen molar-refractivity contribution < 1.29 is 19.1 Å². The van der Waals surface area contributed by atoms with E-state index < -0.39 is 12.0 Å². The quantitative estimate of drug-likeness (QED) is 0.810. The lowest BCUT2D eigenvalue weighted by molar-refractivity contribution is -0.144. The summed E-state index contributed by atoms with van der Waals surface area (Å²) in [7, 11) is 0. The van der Waals surface area contributed by atoms with E-state index >= 15 is 0 Å². The van der Waals surface area contributed by atoms with Gasteiger partial charge in [-0.25, -0.2) is 4.79 Å². The van der Waals surface area contributed by atoms with Crippen LogP contribution in [0.1, 0.15) is 38.1 Å². The summed E-state index contributed by atoms with van der Waals surface area (Å²) in [6.45, 7) is 7.47. The van der Waals surface area contributed by atoms with Gasteiger partial charge < -0.3 is 14.8 Å². The van der Waals surface area contributed by atoms with Gasteiger partial charge in [0.05, 0.1) is 12.7 Å². The van der Waals surface area contributed by atoms with Crippen molar-refractivity contribution in [3.05, 3.63) is 29.8 Å². The van der Waals surface area contributed by atoms with Crippen molar-refractivity contribution >= 4 is 11.9 Å². The van der Waals surface area contributed by atoms with Gasteiger partial charge in [-0.2, -0.15) is 0 Å². The molecular weight excluding hydrogens is 258 g/mol. The van der Waals surface area contributed by atoms with Crippen molar-refractivity contribution in [1.29, 1.82) is 0 Å². The highest BCUT2D eigenvalue weighted by Crippen LogP contribution is 2.13. The van der Waals surface area contributed by atoms with Crippen LogP contribution in [-0.2, 0) is 9.53 Å². The molecule has 0 fully saturated rings. The molecule has 1 aromatic rings. The number of carbonyl (C=O) groups excluding carboxylic acids is 2. The predicted molar refractivity (Wildman–Crippen MR) is 75.8 cm³/mol. The van der Waals surface area contributed by atoms with Crippen molar-refractivity contribution in [2.45, 2.75) is 39.8 Å². The lowest BCUT2D eigenvalue weighted by Crippen LogP contribution is -2.39. The van der Waals surface area contributed by atoms with E-state index in [1.807, 2.05) is 13.8 Å². The SMILES string of the molecule is CCOC(=O)C(C)NC(=O)c1ccc(OC(C)C)cc1. The highest BCUT2D eigenvalue weighted by molar-refractivity contribution is 5.96. The molecular formula is C15H21NO4. The summed E-state index contributed by atoms with van der Waals surface area (Å²) in [4.78, 5) is 23.4. The van der Waals surface area contributed by atoms with Crippen molar-refractivity contribution in [3.63, 3.8) is 0 Å². The normalized spacial score (nSPS) is 11.8. The van der Waals surface area contributed by atoms with E-state index in [1.165, 1.54) is 0 Å². The van der Waals surface area contributed by atoms with Gasteiger partial charge >= 0.3 is 5.97 Å². The molecule has 0 bridgehead atoms. The first kappa shape index (κ1) is 16.0. The molecule has 0 spiro atoms. The Bertz CT molecular complexity index is 453. The summed E-state index contributed by atoms with van der Waals surface area (Å²) in [5.41, 5.74) is 0.470. The highest BCUT2D eigenvalue weighted by atomic mass is 16.5. The van der Waals surface area contributed by atoms with E-state index in [-0.39, 0.29) is 12.0 Å². The number of nitrogens with one attached hydrogen (secondary N) is 1. The molecule has 1 atom stereocenters. The largest absolute Gasteiger partial charge is 0.491 e. The van der Waals surface area contributed by atoms with Crippen molar-refractivity contribution in [1.82, 2.24) is 5.32 Å². The fourth-order valence-electron chi connectivity index (χ4n) is 1.56. The van der Waals surface area contributed by atoms with Crippen molar-refractivity contribution in [3.8, 4) is 5.75 Å². The van der Waals surface area contributed by atoms with Crippen LogP contribution in [0.15, 0.2) is 24.3 Å². The minimum Gasteiger partial charge on any atom is -0.491 e. The first-order chi connectivity index (χ1) is 9.43. The van der Waals surface area contributed by atoms with Gasteiger partial charge in [0, 0.05) is 5.56 Å². The predicted octanol–water partition coefficient (Wildman–Crippen LogP) is 2.16. The molecule has 1 unspecified atom stereocenters. The van der Waals surface area contributed by atoms with Crippen LogP contribution in [0.4, 0.5) is 0 Å². The number of benzene rings is 1. The zero-order valence-corrected chi connectivity index (χ0v) is 12.3. The van der Waals surface area contributed by atoms with Crippen LogP contribution in [0.3, 0.4) is 0 Å². The molecule has 1 rings (SSSR count). The Balaban J connectivity index is 2.61. The molecule has 0 aliphatic rings. The summed E-state index contributed by atoms with van der Waals surface area (Å²) < 4.78 is 10.3. The number of rotatable bonds is 6. The molecule has 5 nitrogen and oxygen atoms in total. The molecule has 0 aliphatic carbocycles. The molecule has 0 saturated carbocycles. The Morgan fingerprint density at radius 1 is 1.15 bits per heavy atom. The molecule has 1 N–H and O–H groups in total. The van der Waals surface area contributed by atoms with Crippen LogP contribution in [0.25, 0.3) is 0 Å². The average molecular weight is 279 g/mol. The standard InChI is InChI=1S/C15H21NO4/c1-5-19-15(18)11(4)16-14(17)12-6-8-13(9-7-12)20-10(2)3/h6-11H,5H2,1-4H3,(H,16,17). The van der Waals surface area contributed by atoms with E-state index in [0.29, 0.717) is 17.9 Å². The Kier molecular flexibility index (Phi) is 6.03. The Hall–Kier alpha value is -2.04. The molecule has 1 aromatic carbocycles. The molecule has 0 aliphatic heterocycles. The molecule has 0 aromatic heterocycles. The topological polar surface area (TPSA) is 64.6 Å². The first-order valence-corrected chi connectivity index (χ1v) is 6.68. The Labute approximate surface area is 119 Å². The Morgan fingerprint density at radius 2 is 1.75 bits per heavy atom. The fourth-order valence-corrected chi connectivity index (χ4v) is 1.56. The third-order valence-electron chi connectivity index (χ3n) is 2.48. The van der Waals surface area contributed by atoms with Gasteiger partial charge in [-0.1, -0.05) is 0 Å². The first-order valence-electron chi connectivity index (χ1n) is 6.68. The van der Waals surface area contributed by atoms with E-state index in [9.17, 15) is 9.59 Å². The molecule has 5 heteroatoms. The van der Waals surface area contributed by atoms with Crippen LogP contribution in [0.5, 0.6) is 5.75 Å². The maximum Gasteiger partial charge on any atom is 0.328 e. The Morgan fingerprint density at radius 3 is 2.25 bits per heavy atom. The van der Waals surface area contributed by atoms with Crippen molar-refractivity contribution in [2.24, 2.45) is 0 Å². The molecule has 0 heterocycles. The van der Waals surface area contributed by atoms with Gasteiger partial charge in [0.1, 0.15) is 11.8 Å². The minimum absolute atomic E-state index is 0.0820. The number of carbonyl (C=O) groups is 2. The molecule has 110 valence electrons. The lowest BCUT2D eigenvalue weighted by Gasteiger charge is -2.13. The molecule has 1 amide bonds.